The third kappa shape index (κ3) is 6.95. The summed E-state index contributed by atoms with van der Waals surface area (Å²) in [5.41, 5.74) is 7.46. The molecule has 2 N–H and O–H groups in total. The van der Waals surface area contributed by atoms with Crippen molar-refractivity contribution in [3.05, 3.63) is 143 Å². The Balaban J connectivity index is 0.000000157. The first-order valence-electron chi connectivity index (χ1n) is 16.9. The molecular formula is C42H40Br2N2O4. The molecule has 2 atom stereocenters. The molecule has 0 fully saturated rings. The molecule has 0 saturated carbocycles. The number of halogens is 2. The third-order valence-corrected chi connectivity index (χ3v) is 11.7. The number of hydrogen-bond acceptors (Lipinski definition) is 6. The molecule has 8 rings (SSSR count). The molecular weight excluding hydrogens is 756 g/mol. The minimum Gasteiger partial charge on any atom is -0.504 e. The van der Waals surface area contributed by atoms with Gasteiger partial charge in [-0.1, -0.05) is 84.9 Å². The summed E-state index contributed by atoms with van der Waals surface area (Å²) in [6.07, 6.45) is 3.62. The van der Waals surface area contributed by atoms with Gasteiger partial charge in [-0.05, 0) is 105 Å². The Morgan fingerprint density at radius 2 is 1.02 bits per heavy atom. The highest BCUT2D eigenvalue weighted by molar-refractivity contribution is 9.07. The zero-order valence-corrected chi connectivity index (χ0v) is 31.3. The summed E-state index contributed by atoms with van der Waals surface area (Å²) in [5.74, 6) is 1.50. The van der Waals surface area contributed by atoms with Crippen molar-refractivity contribution in [1.29, 1.82) is 0 Å². The second-order valence-electron chi connectivity index (χ2n) is 12.9. The van der Waals surface area contributed by atoms with Crippen molar-refractivity contribution in [2.45, 2.75) is 37.8 Å². The molecule has 6 nitrogen and oxygen atoms in total. The first kappa shape index (κ1) is 34.4. The van der Waals surface area contributed by atoms with Gasteiger partial charge in [0.05, 0.1) is 14.2 Å². The van der Waals surface area contributed by atoms with Crippen LogP contribution in [0.3, 0.4) is 0 Å². The van der Waals surface area contributed by atoms with Crippen LogP contribution < -0.4 is 9.47 Å². The lowest BCUT2D eigenvalue weighted by molar-refractivity contribution is 0.334. The van der Waals surface area contributed by atoms with Gasteiger partial charge in [-0.2, -0.15) is 0 Å². The van der Waals surface area contributed by atoms with Crippen LogP contribution in [0.2, 0.25) is 0 Å². The third-order valence-electron chi connectivity index (χ3n) is 10.1. The molecule has 0 amide bonds. The van der Waals surface area contributed by atoms with E-state index >= 15 is 0 Å². The first-order chi connectivity index (χ1) is 24.3. The Bertz CT molecular complexity index is 2140. The highest BCUT2D eigenvalue weighted by Gasteiger charge is 2.29. The van der Waals surface area contributed by atoms with E-state index in [0.29, 0.717) is 0 Å². The molecule has 0 aromatic heterocycles. The normalized spacial score (nSPS) is 17.4. The van der Waals surface area contributed by atoms with Crippen LogP contribution in [0.5, 0.6) is 23.0 Å². The number of fused-ring (bicyclic) bond motifs is 4. The summed E-state index contributed by atoms with van der Waals surface area (Å²) < 4.78 is 15.5. The molecule has 0 bridgehead atoms. The van der Waals surface area contributed by atoms with E-state index in [9.17, 15) is 10.2 Å². The lowest BCUT2D eigenvalue weighted by Crippen LogP contribution is -2.29. The van der Waals surface area contributed by atoms with Crippen LogP contribution in [0.1, 0.15) is 45.5 Å². The number of phenols is 2. The van der Waals surface area contributed by atoms with Gasteiger partial charge in [-0.3, -0.25) is 0 Å². The van der Waals surface area contributed by atoms with Gasteiger partial charge in [0, 0.05) is 57.5 Å². The smallest absolute Gasteiger partial charge is 0.161 e. The second kappa shape index (κ2) is 15.0. The molecule has 2 heterocycles. The van der Waals surface area contributed by atoms with Crippen LogP contribution in [-0.4, -0.2) is 45.4 Å². The van der Waals surface area contributed by atoms with E-state index in [-0.39, 0.29) is 23.6 Å². The minimum absolute atomic E-state index is 0.0410. The number of phenolic OH excluding ortho intramolecular Hbond substituents is 2. The van der Waals surface area contributed by atoms with E-state index in [2.05, 4.69) is 137 Å². The number of rotatable bonds is 6. The summed E-state index contributed by atoms with van der Waals surface area (Å²) in [4.78, 5) is 0. The van der Waals surface area contributed by atoms with E-state index in [1.807, 2.05) is 0 Å². The van der Waals surface area contributed by atoms with Crippen LogP contribution in [0, 0.1) is 0 Å². The summed E-state index contributed by atoms with van der Waals surface area (Å²) in [6, 6.07) is 38.0. The number of methoxy groups -OCH3 is 2. The van der Waals surface area contributed by atoms with Crippen LogP contribution in [0.4, 0.5) is 0 Å². The molecule has 0 aliphatic carbocycles. The van der Waals surface area contributed by atoms with E-state index < -0.39 is 0 Å². The van der Waals surface area contributed by atoms with E-state index in [0.717, 1.165) is 61.4 Å². The number of ether oxygens (including phenoxy) is 2. The summed E-state index contributed by atoms with van der Waals surface area (Å²) >= 11 is 7.47. The highest BCUT2D eigenvalue weighted by Crippen LogP contribution is 2.42. The van der Waals surface area contributed by atoms with Gasteiger partial charge >= 0.3 is 0 Å². The zero-order chi connectivity index (χ0) is 34.8. The molecule has 50 heavy (non-hydrogen) atoms. The fourth-order valence-corrected chi connectivity index (χ4v) is 8.56. The molecule has 2 aliphatic rings. The SMILES string of the molecule is COc1cc2c(cc1OC)[C@@H](Cc1cccc3ccccc13)N(Br)CC2.Oc1cc2c(cc1O)[C@@H](Cc1cccc3ccccc13)N(Br)CC2. The van der Waals surface area contributed by atoms with Gasteiger partial charge in [-0.25, -0.2) is 7.85 Å². The maximum atomic E-state index is 9.93. The van der Waals surface area contributed by atoms with Crippen LogP contribution in [0.15, 0.2) is 109 Å². The highest BCUT2D eigenvalue weighted by atomic mass is 79.9. The summed E-state index contributed by atoms with van der Waals surface area (Å²) in [5, 5.41) is 24.8. The first-order valence-corrected chi connectivity index (χ1v) is 18.3. The fraction of sp³-hybridized carbons (Fsp3) is 0.238. The Hall–Kier alpha value is -4.08. The van der Waals surface area contributed by atoms with Crippen molar-refractivity contribution in [2.24, 2.45) is 0 Å². The zero-order valence-electron chi connectivity index (χ0n) is 28.2. The minimum atomic E-state index is -0.0560. The predicted octanol–water partition coefficient (Wildman–Crippen LogP) is 10.0. The average Bonchev–Trinajstić information content (AvgIpc) is 3.14. The molecule has 0 unspecified atom stereocenters. The maximum Gasteiger partial charge on any atom is 0.161 e. The monoisotopic (exact) mass is 794 g/mol. The van der Waals surface area contributed by atoms with Crippen LogP contribution in [-0.2, 0) is 25.7 Å². The topological polar surface area (TPSA) is 65.4 Å². The van der Waals surface area contributed by atoms with E-state index in [1.165, 1.54) is 43.8 Å². The van der Waals surface area contributed by atoms with Crippen molar-refractivity contribution < 1.29 is 19.7 Å². The number of hydrogen-bond donors (Lipinski definition) is 2. The van der Waals surface area contributed by atoms with Gasteiger partial charge in [-0.15, -0.1) is 0 Å². The van der Waals surface area contributed by atoms with Gasteiger partial charge in [0.15, 0.2) is 23.0 Å². The van der Waals surface area contributed by atoms with Crippen LogP contribution >= 0.6 is 32.3 Å². The summed E-state index contributed by atoms with van der Waals surface area (Å²) in [6.45, 7) is 1.84. The lowest BCUT2D eigenvalue weighted by atomic mass is 9.88. The van der Waals surface area contributed by atoms with E-state index in [1.54, 1.807) is 26.4 Å². The molecule has 0 saturated heterocycles. The molecule has 2 aliphatic heterocycles. The summed E-state index contributed by atoms with van der Waals surface area (Å²) in [7, 11) is 3.39. The number of benzene rings is 6. The van der Waals surface area contributed by atoms with Crippen molar-refractivity contribution in [1.82, 2.24) is 7.85 Å². The Morgan fingerprint density at radius 3 is 1.56 bits per heavy atom. The van der Waals surface area contributed by atoms with Crippen LogP contribution in [0.25, 0.3) is 21.5 Å². The molecule has 6 aromatic rings. The molecule has 6 aromatic carbocycles. The number of aromatic hydroxyl groups is 2. The quantitative estimate of drug-likeness (QED) is 0.129. The second-order valence-corrected chi connectivity index (χ2v) is 14.7. The van der Waals surface area contributed by atoms with Gasteiger partial charge in [0.1, 0.15) is 0 Å². The lowest BCUT2D eigenvalue weighted by Gasteiger charge is -2.34. The predicted molar refractivity (Wildman–Crippen MR) is 209 cm³/mol. The van der Waals surface area contributed by atoms with Crippen molar-refractivity contribution in [3.63, 3.8) is 0 Å². The van der Waals surface area contributed by atoms with Crippen molar-refractivity contribution in [3.8, 4) is 23.0 Å². The Morgan fingerprint density at radius 1 is 0.580 bits per heavy atom. The Kier molecular flexibility index (Phi) is 10.3. The van der Waals surface area contributed by atoms with Crippen molar-refractivity contribution in [2.75, 3.05) is 27.3 Å². The van der Waals surface area contributed by atoms with Gasteiger partial charge in [0.25, 0.3) is 0 Å². The van der Waals surface area contributed by atoms with Gasteiger partial charge in [0.2, 0.25) is 0 Å². The van der Waals surface area contributed by atoms with Crippen molar-refractivity contribution >= 4 is 53.8 Å². The Labute approximate surface area is 310 Å². The molecule has 0 radical (unpaired) electrons. The standard InChI is InChI=1S/C22H22BrNO2.C20H18BrNO2/c1-25-21-13-17-10-11-24(23)20(19(17)14-22(21)26-2)12-16-8-5-7-15-6-3-4-9-18(15)16;21-22-9-8-15-11-19(23)20(24)12-17(15)18(22)10-14-6-3-5-13-4-1-2-7-16(13)14/h3-9,13-14,20H,10-12H2,1-2H3;1-7,11-12,18,23-24H,8-10H2/t20-;18-/m11/s1. The van der Waals surface area contributed by atoms with Gasteiger partial charge < -0.3 is 19.7 Å². The fourth-order valence-electron chi connectivity index (χ4n) is 7.47. The van der Waals surface area contributed by atoms with E-state index in [4.69, 9.17) is 9.47 Å². The molecule has 0 spiro atoms. The average molecular weight is 797 g/mol. The maximum absolute atomic E-state index is 9.93. The number of nitrogens with zero attached hydrogens (tertiary/aromatic N) is 2. The molecule has 256 valence electrons. The largest absolute Gasteiger partial charge is 0.504 e. The molecule has 8 heteroatoms.